The van der Waals surface area contributed by atoms with E-state index < -0.39 is 15.9 Å². The molecule has 0 radical (unpaired) electrons. The Kier molecular flexibility index (Phi) is 8.43. The van der Waals surface area contributed by atoms with Gasteiger partial charge in [0.1, 0.15) is 0 Å². The van der Waals surface area contributed by atoms with E-state index in [0.717, 1.165) is 15.8 Å². The van der Waals surface area contributed by atoms with Crippen LogP contribution in [0, 0.1) is 6.92 Å². The summed E-state index contributed by atoms with van der Waals surface area (Å²) >= 11 is 7.64. The maximum atomic E-state index is 13.0. The minimum Gasteiger partial charge on any atom is -0.383 e. The first-order chi connectivity index (χ1) is 15.7. The van der Waals surface area contributed by atoms with Gasteiger partial charge in [-0.25, -0.2) is 8.42 Å². The Labute approximate surface area is 202 Å². The van der Waals surface area contributed by atoms with Crippen molar-refractivity contribution < 1.29 is 22.7 Å². The summed E-state index contributed by atoms with van der Waals surface area (Å²) in [6.45, 7) is 2.88. The summed E-state index contributed by atoms with van der Waals surface area (Å²) in [5, 5.41) is 0.603. The van der Waals surface area contributed by atoms with Crippen molar-refractivity contribution in [2.45, 2.75) is 11.8 Å². The van der Waals surface area contributed by atoms with Crippen LogP contribution in [0.15, 0.2) is 46.3 Å². The lowest BCUT2D eigenvalue weighted by molar-refractivity contribution is 0.0998. The lowest BCUT2D eigenvalue weighted by atomic mass is 10.2. The normalized spacial score (nSPS) is 12.7. The van der Waals surface area contributed by atoms with Crippen LogP contribution in [0.25, 0.3) is 10.2 Å². The van der Waals surface area contributed by atoms with Crippen LogP contribution in [-0.2, 0) is 26.5 Å². The summed E-state index contributed by atoms with van der Waals surface area (Å²) in [6.07, 6.45) is 0. The van der Waals surface area contributed by atoms with Crippen LogP contribution in [0.5, 0.6) is 0 Å². The molecule has 11 heteroatoms. The van der Waals surface area contributed by atoms with Crippen molar-refractivity contribution in [2.75, 3.05) is 40.5 Å². The fraction of sp³-hybridized carbons (Fsp3) is 0.364. The minimum atomic E-state index is -3.77. The van der Waals surface area contributed by atoms with Gasteiger partial charge in [-0.05, 0) is 42.8 Å². The number of ether oxygens (including phenoxy) is 2. The molecule has 0 fully saturated rings. The molecule has 0 spiro atoms. The molecule has 0 aliphatic carbocycles. The molecule has 0 aliphatic rings. The lowest BCUT2D eigenvalue weighted by Gasteiger charge is -2.21. The molecule has 2 aromatic carbocycles. The van der Waals surface area contributed by atoms with Crippen molar-refractivity contribution in [3.05, 3.63) is 57.3 Å². The minimum absolute atomic E-state index is 0.0843. The van der Waals surface area contributed by atoms with E-state index in [0.29, 0.717) is 9.82 Å². The number of hydrogen-bond donors (Lipinski definition) is 0. The molecule has 8 nitrogen and oxygen atoms in total. The van der Waals surface area contributed by atoms with Crippen LogP contribution in [-0.4, -0.2) is 63.7 Å². The van der Waals surface area contributed by atoms with Crippen LogP contribution in [0.1, 0.15) is 15.9 Å². The topological polar surface area (TPSA) is 90.2 Å². The Morgan fingerprint density at radius 2 is 1.70 bits per heavy atom. The van der Waals surface area contributed by atoms with Crippen molar-refractivity contribution in [3.63, 3.8) is 0 Å². The second-order valence-corrected chi connectivity index (χ2v) is 10.6. The first kappa shape index (κ1) is 25.5. The zero-order valence-electron chi connectivity index (χ0n) is 18.9. The van der Waals surface area contributed by atoms with E-state index in [1.807, 2.05) is 30.7 Å². The van der Waals surface area contributed by atoms with Gasteiger partial charge in [-0.2, -0.15) is 9.30 Å². The second kappa shape index (κ2) is 10.9. The number of sulfonamides is 1. The third kappa shape index (κ3) is 5.53. The maximum Gasteiger partial charge on any atom is 0.279 e. The number of aromatic nitrogens is 1. The Bertz CT molecular complexity index is 1310. The number of benzene rings is 2. The van der Waals surface area contributed by atoms with Gasteiger partial charge in [0.15, 0.2) is 4.80 Å². The Hall–Kier alpha value is -2.08. The van der Waals surface area contributed by atoms with Crippen molar-refractivity contribution in [2.24, 2.45) is 12.0 Å². The molecule has 3 rings (SSSR count). The largest absolute Gasteiger partial charge is 0.383 e. The smallest absolute Gasteiger partial charge is 0.279 e. The predicted molar refractivity (Wildman–Crippen MR) is 129 cm³/mol. The van der Waals surface area contributed by atoms with Crippen LogP contribution >= 0.6 is 22.9 Å². The van der Waals surface area contributed by atoms with E-state index in [-0.39, 0.29) is 36.8 Å². The second-order valence-electron chi connectivity index (χ2n) is 7.32. The van der Waals surface area contributed by atoms with Crippen molar-refractivity contribution in [3.8, 4) is 0 Å². The molecule has 0 saturated heterocycles. The van der Waals surface area contributed by atoms with Crippen molar-refractivity contribution in [1.82, 2.24) is 8.87 Å². The molecule has 0 saturated carbocycles. The third-order valence-corrected chi connectivity index (χ3v) is 8.63. The van der Waals surface area contributed by atoms with Gasteiger partial charge in [0.2, 0.25) is 10.0 Å². The monoisotopic (exact) mass is 511 g/mol. The zero-order chi connectivity index (χ0) is 24.2. The van der Waals surface area contributed by atoms with Gasteiger partial charge in [-0.15, -0.1) is 0 Å². The van der Waals surface area contributed by atoms with Gasteiger partial charge in [0.25, 0.3) is 5.91 Å². The third-order valence-electron chi connectivity index (χ3n) is 5.13. The van der Waals surface area contributed by atoms with E-state index in [1.165, 1.54) is 54.1 Å². The number of hydrogen-bond acceptors (Lipinski definition) is 6. The molecule has 0 bridgehead atoms. The first-order valence-corrected chi connectivity index (χ1v) is 12.8. The molecule has 1 aromatic heterocycles. The van der Waals surface area contributed by atoms with Crippen LogP contribution in [0.4, 0.5) is 0 Å². The summed E-state index contributed by atoms with van der Waals surface area (Å²) in [5.41, 5.74) is 2.24. The lowest BCUT2D eigenvalue weighted by Crippen LogP contribution is -2.36. The molecule has 0 unspecified atom stereocenters. The quantitative estimate of drug-likeness (QED) is 0.440. The number of fused-ring (bicyclic) bond motifs is 1. The maximum absolute atomic E-state index is 13.0. The molecule has 0 aliphatic heterocycles. The fourth-order valence-electron chi connectivity index (χ4n) is 3.32. The molecule has 1 amide bonds. The van der Waals surface area contributed by atoms with Crippen LogP contribution in [0.2, 0.25) is 5.02 Å². The van der Waals surface area contributed by atoms with Gasteiger partial charge in [-0.3, -0.25) is 4.79 Å². The molecule has 178 valence electrons. The van der Waals surface area contributed by atoms with Gasteiger partial charge in [-0.1, -0.05) is 29.0 Å². The van der Waals surface area contributed by atoms with E-state index in [9.17, 15) is 13.2 Å². The Morgan fingerprint density at radius 1 is 1.09 bits per heavy atom. The van der Waals surface area contributed by atoms with Gasteiger partial charge >= 0.3 is 0 Å². The average molecular weight is 512 g/mol. The van der Waals surface area contributed by atoms with E-state index in [2.05, 4.69) is 4.99 Å². The molecular formula is C22H26ClN3O5S2. The first-order valence-electron chi connectivity index (χ1n) is 10.1. The molecule has 0 N–H and O–H groups in total. The van der Waals surface area contributed by atoms with Crippen LogP contribution in [0.3, 0.4) is 0 Å². The van der Waals surface area contributed by atoms with E-state index >= 15 is 0 Å². The standard InChI is InChI=1S/C22H26ClN3O5S2/c1-15-5-10-18(23)20-19(15)25(2)22(32-20)24-21(27)16-6-8-17(9-7-16)33(28,29)26(11-13-30-3)12-14-31-4/h5-10H,11-14H2,1-4H3. The van der Waals surface area contributed by atoms with Crippen LogP contribution < -0.4 is 4.80 Å². The summed E-state index contributed by atoms with van der Waals surface area (Å²) in [6, 6.07) is 9.51. The SMILES string of the molecule is COCCN(CCOC)S(=O)(=O)c1ccc(C(=O)N=c2sc3c(Cl)ccc(C)c3n2C)cc1. The Morgan fingerprint density at radius 3 is 2.24 bits per heavy atom. The fourth-order valence-corrected chi connectivity index (χ4v) is 6.10. The summed E-state index contributed by atoms with van der Waals surface area (Å²) in [5.74, 6) is -0.467. The Balaban J connectivity index is 1.90. The summed E-state index contributed by atoms with van der Waals surface area (Å²) < 4.78 is 40.1. The highest BCUT2D eigenvalue weighted by Gasteiger charge is 2.24. The van der Waals surface area contributed by atoms with E-state index in [1.54, 1.807) is 0 Å². The number of thiazole rings is 1. The highest BCUT2D eigenvalue weighted by molar-refractivity contribution is 7.89. The number of halogens is 1. The number of carbonyl (C=O) groups is 1. The van der Waals surface area contributed by atoms with Gasteiger partial charge in [0.05, 0.1) is 33.3 Å². The highest BCUT2D eigenvalue weighted by Crippen LogP contribution is 2.28. The number of carbonyl (C=O) groups excluding carboxylic acids is 1. The number of methoxy groups -OCH3 is 2. The number of aryl methyl sites for hydroxylation is 2. The van der Waals surface area contributed by atoms with E-state index in [4.69, 9.17) is 21.1 Å². The van der Waals surface area contributed by atoms with Gasteiger partial charge < -0.3 is 14.0 Å². The van der Waals surface area contributed by atoms with Crippen molar-refractivity contribution >= 4 is 49.1 Å². The highest BCUT2D eigenvalue weighted by atomic mass is 35.5. The predicted octanol–water partition coefficient (Wildman–Crippen LogP) is 3.23. The number of nitrogens with zero attached hydrogens (tertiary/aromatic N) is 3. The number of rotatable bonds is 9. The average Bonchev–Trinajstić information content (AvgIpc) is 3.13. The summed E-state index contributed by atoms with van der Waals surface area (Å²) in [4.78, 5) is 17.6. The van der Waals surface area contributed by atoms with Crippen molar-refractivity contribution in [1.29, 1.82) is 0 Å². The zero-order valence-corrected chi connectivity index (χ0v) is 21.3. The molecule has 33 heavy (non-hydrogen) atoms. The molecule has 0 atom stereocenters. The molecule has 1 heterocycles. The summed E-state index contributed by atoms with van der Waals surface area (Å²) in [7, 11) is 1.09. The number of amides is 1. The molecular weight excluding hydrogens is 486 g/mol. The molecule has 3 aromatic rings. The van der Waals surface area contributed by atoms with Gasteiger partial charge in [0, 0.05) is 39.9 Å².